The Balaban J connectivity index is 1.47. The van der Waals surface area contributed by atoms with Crippen molar-refractivity contribution in [2.24, 2.45) is 0 Å². The lowest BCUT2D eigenvalue weighted by atomic mass is 9.73. The molecule has 1 saturated carbocycles. The zero-order valence-electron chi connectivity index (χ0n) is 21.2. The Labute approximate surface area is 209 Å². The molecule has 2 heterocycles. The zero-order chi connectivity index (χ0) is 25.0. The van der Waals surface area contributed by atoms with Crippen LogP contribution >= 0.6 is 0 Å². The molecule has 1 amide bonds. The van der Waals surface area contributed by atoms with E-state index in [9.17, 15) is 4.79 Å². The Morgan fingerprint density at radius 2 is 2.00 bits per heavy atom. The fourth-order valence-electron chi connectivity index (χ4n) is 5.61. The molecule has 2 aromatic rings. The molecule has 4 rings (SSSR count). The maximum atomic E-state index is 13.5. The van der Waals surface area contributed by atoms with Crippen LogP contribution in [0.3, 0.4) is 0 Å². The highest BCUT2D eigenvalue weighted by molar-refractivity contribution is 5.99. The minimum atomic E-state index is -0.191. The molecule has 6 nitrogen and oxygen atoms in total. The maximum Gasteiger partial charge on any atom is 0.257 e. The SMILES string of the molecule is C=C/C=C(\C=C)C1CC(C)n2ncc(C(=O)NC3(CC)CCC(c4ccc(OC)cc4)CC3)c2N1. The third-order valence-electron chi connectivity index (χ3n) is 7.88. The average Bonchev–Trinajstić information content (AvgIpc) is 3.32. The van der Waals surface area contributed by atoms with Gasteiger partial charge in [-0.3, -0.25) is 4.79 Å². The maximum absolute atomic E-state index is 13.5. The third-order valence-corrected chi connectivity index (χ3v) is 7.88. The van der Waals surface area contributed by atoms with Gasteiger partial charge in [-0.15, -0.1) is 0 Å². The fourth-order valence-corrected chi connectivity index (χ4v) is 5.61. The number of fused-ring (bicyclic) bond motifs is 1. The molecule has 1 aromatic carbocycles. The number of nitrogens with zero attached hydrogens (tertiary/aromatic N) is 2. The van der Waals surface area contributed by atoms with Crippen LogP contribution < -0.4 is 15.4 Å². The highest BCUT2D eigenvalue weighted by Gasteiger charge is 2.37. The second-order valence-electron chi connectivity index (χ2n) is 9.88. The van der Waals surface area contributed by atoms with Gasteiger partial charge in [0.25, 0.3) is 5.91 Å². The van der Waals surface area contributed by atoms with Gasteiger partial charge in [0.1, 0.15) is 17.1 Å². The lowest BCUT2D eigenvalue weighted by molar-refractivity contribution is 0.0858. The zero-order valence-corrected chi connectivity index (χ0v) is 21.2. The fraction of sp³-hybridized carbons (Fsp3) is 0.448. The van der Waals surface area contributed by atoms with Crippen LogP contribution in [0.15, 0.2) is 67.4 Å². The summed E-state index contributed by atoms with van der Waals surface area (Å²) in [6.45, 7) is 12.1. The first-order chi connectivity index (χ1) is 16.9. The minimum absolute atomic E-state index is 0.0517. The molecule has 35 heavy (non-hydrogen) atoms. The number of anilines is 1. The van der Waals surface area contributed by atoms with Gasteiger partial charge in [0.2, 0.25) is 0 Å². The molecule has 0 saturated heterocycles. The molecule has 2 unspecified atom stereocenters. The Morgan fingerprint density at radius 3 is 2.60 bits per heavy atom. The van der Waals surface area contributed by atoms with Crippen LogP contribution in [-0.2, 0) is 0 Å². The molecule has 0 bridgehead atoms. The summed E-state index contributed by atoms with van der Waals surface area (Å²) in [5, 5.41) is 11.5. The van der Waals surface area contributed by atoms with E-state index >= 15 is 0 Å². The number of carbonyl (C=O) groups excluding carboxylic acids is 1. The topological polar surface area (TPSA) is 68.2 Å². The lowest BCUT2D eigenvalue weighted by Crippen LogP contribution is -2.50. The number of hydrogen-bond donors (Lipinski definition) is 2. The second kappa shape index (κ2) is 10.5. The first-order valence-electron chi connectivity index (χ1n) is 12.7. The van der Waals surface area contributed by atoms with Gasteiger partial charge in [0.05, 0.1) is 25.4 Å². The number of hydrogen-bond acceptors (Lipinski definition) is 4. The number of carbonyl (C=O) groups is 1. The molecule has 0 spiro atoms. The summed E-state index contributed by atoms with van der Waals surface area (Å²) in [7, 11) is 1.69. The average molecular weight is 475 g/mol. The van der Waals surface area contributed by atoms with Crippen LogP contribution in [0, 0.1) is 0 Å². The van der Waals surface area contributed by atoms with Gasteiger partial charge >= 0.3 is 0 Å². The Morgan fingerprint density at radius 1 is 1.29 bits per heavy atom. The number of nitrogens with one attached hydrogen (secondary N) is 2. The van der Waals surface area contributed by atoms with Crippen LogP contribution in [0.25, 0.3) is 0 Å². The second-order valence-corrected chi connectivity index (χ2v) is 9.88. The predicted octanol–water partition coefficient (Wildman–Crippen LogP) is 6.17. The van der Waals surface area contributed by atoms with E-state index in [1.54, 1.807) is 19.4 Å². The quantitative estimate of drug-likeness (QED) is 0.449. The van der Waals surface area contributed by atoms with E-state index in [0.717, 1.165) is 55.7 Å². The number of aromatic nitrogens is 2. The van der Waals surface area contributed by atoms with Crippen molar-refractivity contribution in [2.75, 3.05) is 12.4 Å². The van der Waals surface area contributed by atoms with Crippen LogP contribution in [0.5, 0.6) is 5.75 Å². The molecule has 1 aliphatic heterocycles. The Hall–Kier alpha value is -3.28. The van der Waals surface area contributed by atoms with E-state index in [1.165, 1.54) is 5.56 Å². The number of benzene rings is 1. The Kier molecular flexibility index (Phi) is 7.48. The van der Waals surface area contributed by atoms with Gasteiger partial charge in [0, 0.05) is 5.54 Å². The highest BCUT2D eigenvalue weighted by atomic mass is 16.5. The van der Waals surface area contributed by atoms with Crippen molar-refractivity contribution in [3.63, 3.8) is 0 Å². The van der Waals surface area contributed by atoms with Gasteiger partial charge in [-0.25, -0.2) is 4.68 Å². The number of methoxy groups -OCH3 is 1. The van der Waals surface area contributed by atoms with Crippen molar-refractivity contribution in [1.82, 2.24) is 15.1 Å². The summed E-state index contributed by atoms with van der Waals surface area (Å²) in [6.07, 6.45) is 13.1. The van der Waals surface area contributed by atoms with Crippen LogP contribution in [0.1, 0.15) is 80.3 Å². The van der Waals surface area contributed by atoms with E-state index in [0.29, 0.717) is 11.5 Å². The molecule has 2 aliphatic rings. The van der Waals surface area contributed by atoms with Crippen LogP contribution in [0.4, 0.5) is 5.82 Å². The van der Waals surface area contributed by atoms with Crippen molar-refractivity contribution < 1.29 is 9.53 Å². The number of allylic oxidation sites excluding steroid dienone is 2. The predicted molar refractivity (Wildman–Crippen MR) is 142 cm³/mol. The summed E-state index contributed by atoms with van der Waals surface area (Å²) in [4.78, 5) is 13.5. The van der Waals surface area contributed by atoms with Crippen molar-refractivity contribution in [3.05, 3.63) is 78.5 Å². The lowest BCUT2D eigenvalue weighted by Gasteiger charge is -2.40. The van der Waals surface area contributed by atoms with E-state index < -0.39 is 0 Å². The first kappa shape index (κ1) is 24.8. The summed E-state index contributed by atoms with van der Waals surface area (Å²) >= 11 is 0. The van der Waals surface area contributed by atoms with Crippen LogP contribution in [-0.4, -0.2) is 34.4 Å². The van der Waals surface area contributed by atoms with E-state index in [2.05, 4.69) is 54.9 Å². The Bertz CT molecular complexity index is 1090. The van der Waals surface area contributed by atoms with E-state index in [4.69, 9.17) is 4.74 Å². The largest absolute Gasteiger partial charge is 0.497 e. The summed E-state index contributed by atoms with van der Waals surface area (Å²) in [5.74, 6) is 2.12. The van der Waals surface area contributed by atoms with Gasteiger partial charge in [0.15, 0.2) is 0 Å². The van der Waals surface area contributed by atoms with Crippen molar-refractivity contribution >= 4 is 11.7 Å². The monoisotopic (exact) mass is 474 g/mol. The summed E-state index contributed by atoms with van der Waals surface area (Å²) < 4.78 is 7.23. The molecule has 186 valence electrons. The van der Waals surface area contributed by atoms with Crippen molar-refractivity contribution in [3.8, 4) is 5.75 Å². The van der Waals surface area contributed by atoms with Gasteiger partial charge in [-0.2, -0.15) is 5.10 Å². The molecule has 2 N–H and O–H groups in total. The molecule has 1 fully saturated rings. The summed E-state index contributed by atoms with van der Waals surface area (Å²) in [5.41, 5.74) is 2.83. The molecule has 1 aliphatic carbocycles. The van der Waals surface area contributed by atoms with E-state index in [1.807, 2.05) is 29.0 Å². The normalized spacial score (nSPS) is 26.3. The van der Waals surface area contributed by atoms with Crippen LogP contribution in [0.2, 0.25) is 0 Å². The highest BCUT2D eigenvalue weighted by Crippen LogP contribution is 2.40. The van der Waals surface area contributed by atoms with Crippen molar-refractivity contribution in [1.29, 1.82) is 0 Å². The molecular weight excluding hydrogens is 436 g/mol. The van der Waals surface area contributed by atoms with Gasteiger partial charge in [-0.05, 0) is 74.6 Å². The number of amides is 1. The smallest absolute Gasteiger partial charge is 0.257 e. The van der Waals surface area contributed by atoms with Gasteiger partial charge in [-0.1, -0.05) is 50.4 Å². The molecular formula is C29H38N4O2. The molecule has 0 radical (unpaired) electrons. The van der Waals surface area contributed by atoms with E-state index in [-0.39, 0.29) is 23.5 Å². The molecule has 2 atom stereocenters. The standard InChI is InChI=1S/C29H38N4O2/c1-6-9-21(7-2)26-18-20(4)33-27(31-26)25(19-30-33)28(34)32-29(8-3)16-14-23(15-17-29)22-10-12-24(35-5)13-11-22/h6-7,9-13,19-20,23,26,31H,1-2,8,14-18H2,3-5H3,(H,32,34)/b21-9+. The third kappa shape index (κ3) is 5.07. The first-order valence-corrected chi connectivity index (χ1v) is 12.7. The minimum Gasteiger partial charge on any atom is -0.497 e. The van der Waals surface area contributed by atoms with Gasteiger partial charge < -0.3 is 15.4 Å². The number of ether oxygens (including phenoxy) is 1. The molecule has 6 heteroatoms. The molecule has 1 aromatic heterocycles. The summed E-state index contributed by atoms with van der Waals surface area (Å²) in [6, 6.07) is 8.64. The number of rotatable bonds is 8. The van der Waals surface area contributed by atoms with Crippen molar-refractivity contribution in [2.45, 2.75) is 75.9 Å².